The number of aromatic hydroxyl groups is 1. The van der Waals surface area contributed by atoms with Gasteiger partial charge in [-0.15, -0.1) is 0 Å². The molecule has 1 unspecified atom stereocenters. The summed E-state index contributed by atoms with van der Waals surface area (Å²) in [6.45, 7) is 4.07. The van der Waals surface area contributed by atoms with Crippen LogP contribution in [-0.2, 0) is 23.2 Å². The van der Waals surface area contributed by atoms with E-state index in [1.54, 1.807) is 7.11 Å². The third kappa shape index (κ3) is 1.07. The first-order valence-electron chi connectivity index (χ1n) is 5.01. The summed E-state index contributed by atoms with van der Waals surface area (Å²) in [5.41, 5.74) is 2.93. The Labute approximate surface area is 84.5 Å². The first-order chi connectivity index (χ1) is 6.62. The van der Waals surface area contributed by atoms with Crippen LogP contribution in [0.4, 0.5) is 0 Å². The molecule has 2 nitrogen and oxygen atoms in total. The van der Waals surface area contributed by atoms with E-state index in [4.69, 9.17) is 4.74 Å². The van der Waals surface area contributed by atoms with E-state index in [1.165, 1.54) is 5.56 Å². The molecule has 1 atom stereocenters. The van der Waals surface area contributed by atoms with Crippen molar-refractivity contribution in [1.82, 2.24) is 0 Å². The highest BCUT2D eigenvalue weighted by atomic mass is 16.5. The number of rotatable bonds is 2. The van der Waals surface area contributed by atoms with Crippen LogP contribution in [0.3, 0.4) is 0 Å². The van der Waals surface area contributed by atoms with Gasteiger partial charge >= 0.3 is 0 Å². The second kappa shape index (κ2) is 2.99. The van der Waals surface area contributed by atoms with E-state index < -0.39 is 0 Å². The van der Waals surface area contributed by atoms with Crippen LogP contribution in [0.15, 0.2) is 12.1 Å². The summed E-state index contributed by atoms with van der Waals surface area (Å²) >= 11 is 0. The Kier molecular flexibility index (Phi) is 2.04. The fourth-order valence-corrected chi connectivity index (χ4v) is 2.22. The van der Waals surface area contributed by atoms with Gasteiger partial charge in [0.05, 0.1) is 5.60 Å². The zero-order valence-corrected chi connectivity index (χ0v) is 8.92. The lowest BCUT2D eigenvalue weighted by Crippen LogP contribution is -2.37. The molecule has 76 valence electrons. The molecule has 0 fully saturated rings. The highest BCUT2D eigenvalue weighted by Crippen LogP contribution is 2.47. The van der Waals surface area contributed by atoms with Gasteiger partial charge in [-0.2, -0.15) is 0 Å². The van der Waals surface area contributed by atoms with Gasteiger partial charge in [0, 0.05) is 19.1 Å². The molecule has 0 radical (unpaired) electrons. The molecule has 0 amide bonds. The Balaban J connectivity index is 2.53. The Bertz CT molecular complexity index is 371. The van der Waals surface area contributed by atoms with Crippen molar-refractivity contribution in [3.63, 3.8) is 0 Å². The predicted molar refractivity (Wildman–Crippen MR) is 55.5 cm³/mol. The van der Waals surface area contributed by atoms with Crippen LogP contribution in [0.1, 0.15) is 30.5 Å². The topological polar surface area (TPSA) is 29.5 Å². The minimum atomic E-state index is -0.273. The number of methoxy groups -OCH3 is 1. The van der Waals surface area contributed by atoms with Gasteiger partial charge in [0.25, 0.3) is 0 Å². The summed E-state index contributed by atoms with van der Waals surface area (Å²) < 4.78 is 5.42. The van der Waals surface area contributed by atoms with E-state index in [-0.39, 0.29) is 5.60 Å². The fraction of sp³-hybridized carbons (Fsp3) is 0.500. The summed E-state index contributed by atoms with van der Waals surface area (Å²) in [6.07, 6.45) is 1.76. The van der Waals surface area contributed by atoms with Gasteiger partial charge in [0.2, 0.25) is 0 Å². The second-order valence-corrected chi connectivity index (χ2v) is 4.07. The van der Waals surface area contributed by atoms with Gasteiger partial charge in [-0.3, -0.25) is 0 Å². The average Bonchev–Trinajstić information content (AvgIpc) is 2.15. The second-order valence-electron chi connectivity index (χ2n) is 4.07. The zero-order chi connectivity index (χ0) is 10.3. The van der Waals surface area contributed by atoms with E-state index in [0.717, 1.165) is 24.0 Å². The van der Waals surface area contributed by atoms with Crippen LogP contribution in [-0.4, -0.2) is 12.2 Å². The van der Waals surface area contributed by atoms with Crippen molar-refractivity contribution in [2.45, 2.75) is 32.3 Å². The van der Waals surface area contributed by atoms with Crippen molar-refractivity contribution in [2.75, 3.05) is 7.11 Å². The van der Waals surface area contributed by atoms with Gasteiger partial charge in [0.15, 0.2) is 0 Å². The van der Waals surface area contributed by atoms with Crippen LogP contribution in [0.25, 0.3) is 0 Å². The molecule has 1 N–H and O–H groups in total. The zero-order valence-electron chi connectivity index (χ0n) is 8.92. The maximum Gasteiger partial charge on any atom is 0.125 e. The molecule has 1 aromatic carbocycles. The Morgan fingerprint density at radius 1 is 1.50 bits per heavy atom. The van der Waals surface area contributed by atoms with Crippen LogP contribution < -0.4 is 0 Å². The number of benzene rings is 1. The highest BCUT2D eigenvalue weighted by molar-refractivity contribution is 5.55. The normalized spacial score (nSPS) is 24.2. The molecule has 0 aliphatic heterocycles. The molecular weight excluding hydrogens is 176 g/mol. The number of aryl methyl sites for hydroxylation is 1. The predicted octanol–water partition coefficient (Wildman–Crippen LogP) is 2.37. The lowest BCUT2D eigenvalue weighted by Gasteiger charge is -2.40. The van der Waals surface area contributed by atoms with Crippen molar-refractivity contribution in [3.8, 4) is 5.75 Å². The molecule has 1 aliphatic carbocycles. The minimum absolute atomic E-state index is 0.273. The smallest absolute Gasteiger partial charge is 0.125 e. The first kappa shape index (κ1) is 9.53. The average molecular weight is 192 g/mol. The molecule has 0 saturated carbocycles. The van der Waals surface area contributed by atoms with Crippen LogP contribution in [0.5, 0.6) is 5.75 Å². The van der Waals surface area contributed by atoms with E-state index >= 15 is 0 Å². The molecule has 0 aromatic heterocycles. The summed E-state index contributed by atoms with van der Waals surface area (Å²) in [7, 11) is 1.70. The van der Waals surface area contributed by atoms with Crippen molar-refractivity contribution in [3.05, 3.63) is 28.8 Å². The SMILES string of the molecule is CCc1ccc2c(c1O)C(C)(OC)C2. The van der Waals surface area contributed by atoms with E-state index in [9.17, 15) is 5.11 Å². The van der Waals surface area contributed by atoms with Crippen molar-refractivity contribution >= 4 is 0 Å². The molecule has 2 rings (SSSR count). The van der Waals surface area contributed by atoms with Gasteiger partial charge in [-0.25, -0.2) is 0 Å². The summed E-state index contributed by atoms with van der Waals surface area (Å²) in [6, 6.07) is 4.10. The molecule has 0 spiro atoms. The molecule has 2 heteroatoms. The number of fused-ring (bicyclic) bond motifs is 1. The number of phenolic OH excluding ortho intramolecular Hbond substituents is 1. The maximum absolute atomic E-state index is 10.0. The largest absolute Gasteiger partial charge is 0.507 e. The van der Waals surface area contributed by atoms with Crippen LogP contribution >= 0.6 is 0 Å². The molecule has 0 heterocycles. The van der Waals surface area contributed by atoms with Crippen molar-refractivity contribution in [2.24, 2.45) is 0 Å². The summed E-state index contributed by atoms with van der Waals surface area (Å²) in [4.78, 5) is 0. The van der Waals surface area contributed by atoms with E-state index in [0.29, 0.717) is 5.75 Å². The quantitative estimate of drug-likeness (QED) is 0.779. The molecule has 1 aromatic rings. The lowest BCUT2D eigenvalue weighted by molar-refractivity contribution is -0.0204. The van der Waals surface area contributed by atoms with Crippen LogP contribution in [0.2, 0.25) is 0 Å². The molecule has 1 aliphatic rings. The monoisotopic (exact) mass is 192 g/mol. The third-order valence-corrected chi connectivity index (χ3v) is 3.24. The van der Waals surface area contributed by atoms with Gasteiger partial charge in [-0.05, 0) is 24.5 Å². The van der Waals surface area contributed by atoms with Crippen molar-refractivity contribution in [1.29, 1.82) is 0 Å². The van der Waals surface area contributed by atoms with E-state index in [2.05, 4.69) is 6.07 Å². The Morgan fingerprint density at radius 2 is 2.21 bits per heavy atom. The highest BCUT2D eigenvalue weighted by Gasteiger charge is 2.41. The molecule has 0 bridgehead atoms. The third-order valence-electron chi connectivity index (χ3n) is 3.24. The number of phenols is 1. The fourth-order valence-electron chi connectivity index (χ4n) is 2.22. The van der Waals surface area contributed by atoms with Gasteiger partial charge < -0.3 is 9.84 Å². The van der Waals surface area contributed by atoms with E-state index in [1.807, 2.05) is 19.9 Å². The Hall–Kier alpha value is -1.02. The Morgan fingerprint density at radius 3 is 2.79 bits per heavy atom. The van der Waals surface area contributed by atoms with Gasteiger partial charge in [-0.1, -0.05) is 19.1 Å². The summed E-state index contributed by atoms with van der Waals surface area (Å²) in [5, 5.41) is 10.0. The molecule has 14 heavy (non-hydrogen) atoms. The standard InChI is InChI=1S/C12H16O2/c1-4-8-5-6-9-7-12(2,14-3)10(9)11(8)13/h5-6,13H,4,7H2,1-3H3. The van der Waals surface area contributed by atoms with Crippen molar-refractivity contribution < 1.29 is 9.84 Å². The maximum atomic E-state index is 10.0. The van der Waals surface area contributed by atoms with Gasteiger partial charge in [0.1, 0.15) is 5.75 Å². The first-order valence-corrected chi connectivity index (χ1v) is 5.01. The lowest BCUT2D eigenvalue weighted by atomic mass is 9.73. The number of ether oxygens (including phenoxy) is 1. The molecular formula is C12H16O2. The number of hydrogen-bond donors (Lipinski definition) is 1. The molecule has 0 saturated heterocycles. The number of hydrogen-bond acceptors (Lipinski definition) is 2. The minimum Gasteiger partial charge on any atom is -0.507 e. The van der Waals surface area contributed by atoms with Crippen LogP contribution in [0, 0.1) is 0 Å². The summed E-state index contributed by atoms with van der Waals surface area (Å²) in [5.74, 6) is 0.431.